The van der Waals surface area contributed by atoms with Crippen molar-refractivity contribution < 1.29 is 19.8 Å². The standard InChI is InChI=1S/C15H20N2O4/c1-10(18)12-6-7-17(9-12)15(21)16-13-5-3-2-4-11(13)8-14(19)20/h2-5,10,12,18H,6-9H2,1H3,(H,16,21)(H,19,20). The van der Waals surface area contributed by atoms with Crippen LogP contribution in [-0.4, -0.2) is 46.3 Å². The molecule has 1 heterocycles. The second-order valence-corrected chi connectivity index (χ2v) is 5.39. The van der Waals surface area contributed by atoms with Gasteiger partial charge in [0, 0.05) is 24.7 Å². The number of aliphatic hydroxyl groups excluding tert-OH is 1. The summed E-state index contributed by atoms with van der Waals surface area (Å²) in [5, 5.41) is 21.2. The van der Waals surface area contributed by atoms with Crippen LogP contribution in [0.2, 0.25) is 0 Å². The average Bonchev–Trinajstić information content (AvgIpc) is 2.90. The number of nitrogens with zero attached hydrogens (tertiary/aromatic N) is 1. The summed E-state index contributed by atoms with van der Waals surface area (Å²) in [6.07, 6.45) is 0.219. The van der Waals surface area contributed by atoms with Crippen LogP contribution in [0.15, 0.2) is 24.3 Å². The Morgan fingerprint density at radius 1 is 1.43 bits per heavy atom. The lowest BCUT2D eigenvalue weighted by molar-refractivity contribution is -0.136. The molecule has 1 aromatic carbocycles. The van der Waals surface area contributed by atoms with E-state index in [0.29, 0.717) is 24.3 Å². The highest BCUT2D eigenvalue weighted by atomic mass is 16.4. The molecular formula is C15H20N2O4. The first-order valence-electron chi connectivity index (χ1n) is 7.01. The van der Waals surface area contributed by atoms with Crippen molar-refractivity contribution in [2.75, 3.05) is 18.4 Å². The van der Waals surface area contributed by atoms with Gasteiger partial charge in [0.2, 0.25) is 0 Å². The van der Waals surface area contributed by atoms with Crippen LogP contribution >= 0.6 is 0 Å². The quantitative estimate of drug-likeness (QED) is 0.785. The largest absolute Gasteiger partial charge is 0.481 e. The molecule has 1 aromatic rings. The Bertz CT molecular complexity index is 530. The summed E-state index contributed by atoms with van der Waals surface area (Å²) >= 11 is 0. The summed E-state index contributed by atoms with van der Waals surface area (Å²) in [6.45, 7) is 2.85. The lowest BCUT2D eigenvalue weighted by atomic mass is 10.0. The summed E-state index contributed by atoms with van der Waals surface area (Å²) in [7, 11) is 0. The predicted octanol–water partition coefficient (Wildman–Crippen LogP) is 1.55. The first-order chi connectivity index (χ1) is 9.97. The monoisotopic (exact) mass is 292 g/mol. The van der Waals surface area contributed by atoms with E-state index in [1.54, 1.807) is 36.1 Å². The number of aliphatic hydroxyl groups is 1. The van der Waals surface area contributed by atoms with E-state index in [0.717, 1.165) is 6.42 Å². The Balaban J connectivity index is 2.02. The number of likely N-dealkylation sites (tertiary alicyclic amines) is 1. The van der Waals surface area contributed by atoms with Gasteiger partial charge >= 0.3 is 12.0 Å². The van der Waals surface area contributed by atoms with Crippen LogP contribution in [0.25, 0.3) is 0 Å². The molecule has 1 aliphatic heterocycles. The van der Waals surface area contributed by atoms with Gasteiger partial charge in [0.1, 0.15) is 0 Å². The molecule has 2 atom stereocenters. The van der Waals surface area contributed by atoms with Crippen LogP contribution in [-0.2, 0) is 11.2 Å². The molecule has 1 fully saturated rings. The number of benzene rings is 1. The fourth-order valence-corrected chi connectivity index (χ4v) is 2.52. The highest BCUT2D eigenvalue weighted by molar-refractivity contribution is 5.91. The number of hydrogen-bond donors (Lipinski definition) is 3. The number of para-hydroxylation sites is 1. The lowest BCUT2D eigenvalue weighted by Gasteiger charge is -2.19. The van der Waals surface area contributed by atoms with Crippen LogP contribution in [0.3, 0.4) is 0 Å². The molecule has 2 unspecified atom stereocenters. The van der Waals surface area contributed by atoms with Gasteiger partial charge in [-0.1, -0.05) is 18.2 Å². The molecule has 0 aliphatic carbocycles. The number of carboxylic acid groups (broad SMARTS) is 1. The van der Waals surface area contributed by atoms with E-state index in [4.69, 9.17) is 5.11 Å². The third-order valence-electron chi connectivity index (χ3n) is 3.79. The number of carboxylic acids is 1. The van der Waals surface area contributed by atoms with Crippen LogP contribution in [0.4, 0.5) is 10.5 Å². The Kier molecular flexibility index (Phi) is 4.80. The van der Waals surface area contributed by atoms with Crippen LogP contribution < -0.4 is 5.32 Å². The molecule has 0 bridgehead atoms. The van der Waals surface area contributed by atoms with E-state index >= 15 is 0 Å². The van der Waals surface area contributed by atoms with Crippen molar-refractivity contribution in [3.8, 4) is 0 Å². The molecule has 6 heteroatoms. The van der Waals surface area contributed by atoms with Gasteiger partial charge < -0.3 is 20.4 Å². The van der Waals surface area contributed by atoms with Crippen molar-refractivity contribution in [2.45, 2.75) is 25.9 Å². The van der Waals surface area contributed by atoms with Crippen molar-refractivity contribution in [3.05, 3.63) is 29.8 Å². The van der Waals surface area contributed by atoms with Gasteiger partial charge in [-0.25, -0.2) is 4.79 Å². The van der Waals surface area contributed by atoms with Gasteiger partial charge in [-0.15, -0.1) is 0 Å². The molecule has 0 aromatic heterocycles. The molecule has 6 nitrogen and oxygen atoms in total. The second kappa shape index (κ2) is 6.58. The second-order valence-electron chi connectivity index (χ2n) is 5.39. The number of anilines is 1. The lowest BCUT2D eigenvalue weighted by Crippen LogP contribution is -2.34. The van der Waals surface area contributed by atoms with E-state index in [9.17, 15) is 14.7 Å². The van der Waals surface area contributed by atoms with E-state index < -0.39 is 12.1 Å². The Morgan fingerprint density at radius 2 is 2.14 bits per heavy atom. The summed E-state index contributed by atoms with van der Waals surface area (Å²) < 4.78 is 0. The third-order valence-corrected chi connectivity index (χ3v) is 3.79. The first-order valence-corrected chi connectivity index (χ1v) is 7.01. The summed E-state index contributed by atoms with van der Waals surface area (Å²) in [6, 6.07) is 6.62. The fraction of sp³-hybridized carbons (Fsp3) is 0.467. The highest BCUT2D eigenvalue weighted by Gasteiger charge is 2.29. The zero-order valence-corrected chi connectivity index (χ0v) is 12.0. The maximum absolute atomic E-state index is 12.2. The van der Waals surface area contributed by atoms with E-state index in [-0.39, 0.29) is 18.4 Å². The minimum atomic E-state index is -0.938. The number of nitrogens with one attached hydrogen (secondary N) is 1. The first kappa shape index (κ1) is 15.3. The number of carbonyl (C=O) groups is 2. The number of rotatable bonds is 4. The Hall–Kier alpha value is -2.08. The minimum Gasteiger partial charge on any atom is -0.481 e. The fourth-order valence-electron chi connectivity index (χ4n) is 2.52. The highest BCUT2D eigenvalue weighted by Crippen LogP contribution is 2.22. The summed E-state index contributed by atoms with van der Waals surface area (Å²) in [5.41, 5.74) is 1.09. The van der Waals surface area contributed by atoms with E-state index in [1.165, 1.54) is 0 Å². The maximum atomic E-state index is 12.2. The van der Waals surface area contributed by atoms with Gasteiger partial charge in [-0.2, -0.15) is 0 Å². The van der Waals surface area contributed by atoms with Gasteiger partial charge in [0.25, 0.3) is 0 Å². The number of amides is 2. The molecule has 2 rings (SSSR count). The van der Waals surface area contributed by atoms with Gasteiger partial charge in [-0.05, 0) is 25.0 Å². The molecular weight excluding hydrogens is 272 g/mol. The van der Waals surface area contributed by atoms with Gasteiger partial charge in [-0.3, -0.25) is 4.79 Å². The normalized spacial score (nSPS) is 19.3. The molecule has 1 aliphatic rings. The number of carbonyl (C=O) groups excluding carboxylic acids is 1. The third kappa shape index (κ3) is 3.95. The van der Waals surface area contributed by atoms with Crippen molar-refractivity contribution in [1.82, 2.24) is 4.90 Å². The maximum Gasteiger partial charge on any atom is 0.321 e. The average molecular weight is 292 g/mol. The Labute approximate surface area is 123 Å². The zero-order valence-electron chi connectivity index (χ0n) is 12.0. The minimum absolute atomic E-state index is 0.102. The number of hydrogen-bond acceptors (Lipinski definition) is 3. The van der Waals surface area contributed by atoms with Crippen LogP contribution in [0.5, 0.6) is 0 Å². The molecule has 3 N–H and O–H groups in total. The molecule has 1 saturated heterocycles. The van der Waals surface area contributed by atoms with Crippen molar-refractivity contribution in [3.63, 3.8) is 0 Å². The van der Waals surface area contributed by atoms with Crippen LogP contribution in [0, 0.1) is 5.92 Å². The van der Waals surface area contributed by atoms with E-state index in [2.05, 4.69) is 5.32 Å². The van der Waals surface area contributed by atoms with Crippen LogP contribution in [0.1, 0.15) is 18.9 Å². The summed E-state index contributed by atoms with van der Waals surface area (Å²) in [4.78, 5) is 24.7. The molecule has 21 heavy (non-hydrogen) atoms. The topological polar surface area (TPSA) is 89.9 Å². The molecule has 0 radical (unpaired) electrons. The van der Waals surface area contributed by atoms with E-state index in [1.807, 2.05) is 0 Å². The SMILES string of the molecule is CC(O)C1CCN(C(=O)Nc2ccccc2CC(=O)O)C1. The predicted molar refractivity (Wildman–Crippen MR) is 78.2 cm³/mol. The van der Waals surface area contributed by atoms with Crippen molar-refractivity contribution >= 4 is 17.7 Å². The number of aliphatic carboxylic acids is 1. The zero-order chi connectivity index (χ0) is 15.4. The molecule has 114 valence electrons. The molecule has 0 saturated carbocycles. The van der Waals surface area contributed by atoms with Gasteiger partial charge in [0.05, 0.1) is 12.5 Å². The molecule has 2 amide bonds. The molecule has 0 spiro atoms. The number of urea groups is 1. The Morgan fingerprint density at radius 3 is 2.76 bits per heavy atom. The van der Waals surface area contributed by atoms with Crippen molar-refractivity contribution in [2.24, 2.45) is 5.92 Å². The van der Waals surface area contributed by atoms with Gasteiger partial charge in [0.15, 0.2) is 0 Å². The van der Waals surface area contributed by atoms with Crippen molar-refractivity contribution in [1.29, 1.82) is 0 Å². The summed E-state index contributed by atoms with van der Waals surface area (Å²) in [5.74, 6) is -0.836. The smallest absolute Gasteiger partial charge is 0.321 e.